The number of hydrogen-bond acceptors (Lipinski definition) is 3. The molecule has 3 aromatic carbocycles. The summed E-state index contributed by atoms with van der Waals surface area (Å²) in [6, 6.07) is 22.0. The Hall–Kier alpha value is -3.67. The summed E-state index contributed by atoms with van der Waals surface area (Å²) in [7, 11) is 0. The van der Waals surface area contributed by atoms with E-state index in [9.17, 15) is 14.0 Å². The second kappa shape index (κ2) is 9.00. The van der Waals surface area contributed by atoms with Crippen molar-refractivity contribution in [2.24, 2.45) is 0 Å². The Morgan fingerprint density at radius 3 is 2.42 bits per heavy atom. The molecule has 3 aromatic rings. The van der Waals surface area contributed by atoms with Gasteiger partial charge < -0.3 is 15.0 Å². The standard InChI is InChI=1S/C25H23FN2O3/c1-17-15-22(27-25(30)31-16-18-7-3-2-4-8-18)21-9-5-6-10-23(21)28(17)24(29)19-11-13-20(26)14-12-19/h2-14,17,22H,15-16H2,1H3,(H,27,30)/t17-,22-/m1/s1. The molecule has 0 bridgehead atoms. The number of alkyl carbamates (subject to hydrolysis) is 1. The Balaban J connectivity index is 1.52. The van der Waals surface area contributed by atoms with Crippen LogP contribution in [0.2, 0.25) is 0 Å². The van der Waals surface area contributed by atoms with Crippen molar-refractivity contribution in [2.45, 2.75) is 32.0 Å². The normalized spacial score (nSPS) is 17.5. The highest BCUT2D eigenvalue weighted by molar-refractivity contribution is 6.07. The number of nitrogens with one attached hydrogen (secondary N) is 1. The monoisotopic (exact) mass is 418 g/mol. The molecule has 1 aliphatic heterocycles. The summed E-state index contributed by atoms with van der Waals surface area (Å²) in [6.45, 7) is 2.12. The predicted molar refractivity (Wildman–Crippen MR) is 116 cm³/mol. The highest BCUT2D eigenvalue weighted by Gasteiger charge is 2.34. The van der Waals surface area contributed by atoms with E-state index in [-0.39, 0.29) is 30.4 Å². The molecule has 4 rings (SSSR count). The molecule has 2 atom stereocenters. The fourth-order valence-corrected chi connectivity index (χ4v) is 3.90. The van der Waals surface area contributed by atoms with Gasteiger partial charge in [0, 0.05) is 17.3 Å². The van der Waals surface area contributed by atoms with E-state index in [1.165, 1.54) is 24.3 Å². The summed E-state index contributed by atoms with van der Waals surface area (Å²) >= 11 is 0. The van der Waals surface area contributed by atoms with Crippen molar-refractivity contribution < 1.29 is 18.7 Å². The molecular weight excluding hydrogens is 395 g/mol. The van der Waals surface area contributed by atoms with Gasteiger partial charge in [0.2, 0.25) is 0 Å². The molecule has 0 radical (unpaired) electrons. The zero-order valence-corrected chi connectivity index (χ0v) is 17.1. The largest absolute Gasteiger partial charge is 0.445 e. The van der Waals surface area contributed by atoms with E-state index in [2.05, 4.69) is 5.32 Å². The molecule has 0 fully saturated rings. The van der Waals surface area contributed by atoms with Crippen molar-refractivity contribution in [3.8, 4) is 0 Å². The van der Waals surface area contributed by atoms with E-state index in [4.69, 9.17) is 4.74 Å². The van der Waals surface area contributed by atoms with Crippen molar-refractivity contribution in [3.63, 3.8) is 0 Å². The molecule has 31 heavy (non-hydrogen) atoms. The van der Waals surface area contributed by atoms with Gasteiger partial charge in [0.1, 0.15) is 12.4 Å². The van der Waals surface area contributed by atoms with Gasteiger partial charge in [-0.25, -0.2) is 9.18 Å². The predicted octanol–water partition coefficient (Wildman–Crippen LogP) is 5.23. The fourth-order valence-electron chi connectivity index (χ4n) is 3.90. The van der Waals surface area contributed by atoms with Gasteiger partial charge >= 0.3 is 6.09 Å². The van der Waals surface area contributed by atoms with Crippen molar-refractivity contribution >= 4 is 17.7 Å². The van der Waals surface area contributed by atoms with Crippen LogP contribution in [0.5, 0.6) is 0 Å². The van der Waals surface area contributed by atoms with Crippen LogP contribution in [-0.2, 0) is 11.3 Å². The Morgan fingerprint density at radius 1 is 1.00 bits per heavy atom. The maximum absolute atomic E-state index is 13.3. The van der Waals surface area contributed by atoms with Crippen LogP contribution in [0.3, 0.4) is 0 Å². The topological polar surface area (TPSA) is 58.6 Å². The first-order valence-electron chi connectivity index (χ1n) is 10.2. The quantitative estimate of drug-likeness (QED) is 0.631. The molecule has 5 nitrogen and oxygen atoms in total. The second-order valence-corrected chi connectivity index (χ2v) is 7.58. The molecule has 158 valence electrons. The first-order valence-corrected chi connectivity index (χ1v) is 10.2. The van der Waals surface area contributed by atoms with E-state index in [1.807, 2.05) is 61.5 Å². The molecule has 1 aliphatic rings. The van der Waals surface area contributed by atoms with Crippen molar-refractivity contribution in [2.75, 3.05) is 4.90 Å². The Kier molecular flexibility index (Phi) is 5.98. The van der Waals surface area contributed by atoms with E-state index in [1.54, 1.807) is 4.90 Å². The van der Waals surface area contributed by atoms with Crippen LogP contribution in [-0.4, -0.2) is 18.0 Å². The molecule has 0 aromatic heterocycles. The first kappa shape index (κ1) is 20.6. The highest BCUT2D eigenvalue weighted by Crippen LogP contribution is 2.38. The number of anilines is 1. The number of amides is 2. The van der Waals surface area contributed by atoms with Gasteiger partial charge in [-0.05, 0) is 54.8 Å². The lowest BCUT2D eigenvalue weighted by atomic mass is 9.91. The average Bonchev–Trinajstić information content (AvgIpc) is 2.79. The molecule has 1 N–H and O–H groups in total. The van der Waals surface area contributed by atoms with Crippen LogP contribution in [0.4, 0.5) is 14.9 Å². The number of carbonyl (C=O) groups excluding carboxylic acids is 2. The van der Waals surface area contributed by atoms with Crippen molar-refractivity contribution in [1.29, 1.82) is 0 Å². The number of rotatable bonds is 4. The SMILES string of the molecule is C[C@@H]1C[C@@H](NC(=O)OCc2ccccc2)c2ccccc2N1C(=O)c1ccc(F)cc1. The number of benzene rings is 3. The molecule has 0 unspecified atom stereocenters. The van der Waals surface area contributed by atoms with Gasteiger partial charge in [-0.3, -0.25) is 4.79 Å². The van der Waals surface area contributed by atoms with Crippen LogP contribution < -0.4 is 10.2 Å². The average molecular weight is 418 g/mol. The minimum atomic E-state index is -0.505. The third kappa shape index (κ3) is 4.58. The fraction of sp³-hybridized carbons (Fsp3) is 0.200. The smallest absolute Gasteiger partial charge is 0.407 e. The zero-order valence-electron chi connectivity index (χ0n) is 17.1. The molecular formula is C25H23FN2O3. The minimum absolute atomic E-state index is 0.174. The first-order chi connectivity index (χ1) is 15.0. The lowest BCUT2D eigenvalue weighted by Crippen LogP contribution is -2.46. The van der Waals surface area contributed by atoms with E-state index in [0.29, 0.717) is 12.0 Å². The molecule has 0 saturated carbocycles. The number of fused-ring (bicyclic) bond motifs is 1. The van der Waals surface area contributed by atoms with Crippen LogP contribution in [0.25, 0.3) is 0 Å². The number of para-hydroxylation sites is 1. The maximum atomic E-state index is 13.3. The Labute approximate surface area is 180 Å². The molecule has 1 heterocycles. The maximum Gasteiger partial charge on any atom is 0.407 e. The van der Waals surface area contributed by atoms with Crippen LogP contribution in [0, 0.1) is 5.82 Å². The van der Waals surface area contributed by atoms with Crippen LogP contribution in [0.1, 0.15) is 40.9 Å². The number of ether oxygens (including phenoxy) is 1. The number of carbonyl (C=O) groups is 2. The molecule has 0 saturated heterocycles. The van der Waals surface area contributed by atoms with Gasteiger partial charge in [0.25, 0.3) is 5.91 Å². The summed E-state index contributed by atoms with van der Waals surface area (Å²) < 4.78 is 18.6. The lowest BCUT2D eigenvalue weighted by molar-refractivity contribution is 0.0972. The van der Waals surface area contributed by atoms with Gasteiger partial charge in [-0.2, -0.15) is 0 Å². The molecule has 0 spiro atoms. The van der Waals surface area contributed by atoms with Crippen molar-refractivity contribution in [1.82, 2.24) is 5.32 Å². The summed E-state index contributed by atoms with van der Waals surface area (Å²) in [5, 5.41) is 2.93. The van der Waals surface area contributed by atoms with Crippen LogP contribution >= 0.6 is 0 Å². The summed E-state index contributed by atoms with van der Waals surface area (Å²) in [4.78, 5) is 27.3. The number of hydrogen-bond donors (Lipinski definition) is 1. The summed E-state index contributed by atoms with van der Waals surface area (Å²) in [5.74, 6) is -0.591. The third-order valence-electron chi connectivity index (χ3n) is 5.40. The van der Waals surface area contributed by atoms with Gasteiger partial charge in [0.05, 0.1) is 6.04 Å². The lowest BCUT2D eigenvalue weighted by Gasteiger charge is -2.39. The van der Waals surface area contributed by atoms with Gasteiger partial charge in [-0.1, -0.05) is 48.5 Å². The zero-order chi connectivity index (χ0) is 21.8. The van der Waals surface area contributed by atoms with Gasteiger partial charge in [0.15, 0.2) is 0 Å². The van der Waals surface area contributed by atoms with E-state index in [0.717, 1.165) is 16.8 Å². The Bertz CT molecular complexity index is 1070. The summed E-state index contributed by atoms with van der Waals surface area (Å²) in [5.41, 5.74) is 2.89. The third-order valence-corrected chi connectivity index (χ3v) is 5.40. The number of halogens is 1. The minimum Gasteiger partial charge on any atom is -0.445 e. The van der Waals surface area contributed by atoms with E-state index >= 15 is 0 Å². The van der Waals surface area contributed by atoms with Gasteiger partial charge in [-0.15, -0.1) is 0 Å². The number of nitrogens with zero attached hydrogens (tertiary/aromatic N) is 1. The molecule has 0 aliphatic carbocycles. The summed E-state index contributed by atoms with van der Waals surface area (Å²) in [6.07, 6.45) is 0.0267. The highest BCUT2D eigenvalue weighted by atomic mass is 19.1. The Morgan fingerprint density at radius 2 is 1.68 bits per heavy atom. The molecule has 6 heteroatoms. The van der Waals surface area contributed by atoms with Crippen LogP contribution in [0.15, 0.2) is 78.9 Å². The van der Waals surface area contributed by atoms with E-state index < -0.39 is 6.09 Å². The molecule has 2 amide bonds. The van der Waals surface area contributed by atoms with Crippen molar-refractivity contribution in [3.05, 3.63) is 101 Å². The second-order valence-electron chi connectivity index (χ2n) is 7.58.